The van der Waals surface area contributed by atoms with Crippen LogP contribution in [0.5, 0.6) is 0 Å². The van der Waals surface area contributed by atoms with E-state index in [2.05, 4.69) is 42.2 Å². The molecule has 1 heterocycles. The van der Waals surface area contributed by atoms with Gasteiger partial charge in [-0.25, -0.2) is 9.78 Å². The molecule has 5 nitrogen and oxygen atoms in total. The number of pyridine rings is 1. The molecule has 0 saturated heterocycles. The van der Waals surface area contributed by atoms with E-state index in [1.807, 2.05) is 6.07 Å². The van der Waals surface area contributed by atoms with Gasteiger partial charge in [-0.1, -0.05) is 37.9 Å². The summed E-state index contributed by atoms with van der Waals surface area (Å²) < 4.78 is 1.60. The van der Waals surface area contributed by atoms with Crippen LogP contribution in [0.4, 0.5) is 0 Å². The van der Waals surface area contributed by atoms with E-state index in [0.29, 0.717) is 5.56 Å². The summed E-state index contributed by atoms with van der Waals surface area (Å²) in [4.78, 5) is 26.5. The van der Waals surface area contributed by atoms with Gasteiger partial charge in [-0.05, 0) is 29.8 Å². The lowest BCUT2D eigenvalue weighted by atomic mass is 10.2. The van der Waals surface area contributed by atoms with Crippen LogP contribution in [0.15, 0.2) is 45.5 Å². The number of carbonyl (C=O) groups excluding carboxylic acids is 1. The normalized spacial score (nSPS) is 10.2. The lowest BCUT2D eigenvalue weighted by molar-refractivity contribution is 0.0690. The van der Waals surface area contributed by atoms with Crippen LogP contribution in [0.1, 0.15) is 26.4 Å². The quantitative estimate of drug-likeness (QED) is 0.806. The Morgan fingerprint density at radius 1 is 1.14 bits per heavy atom. The molecule has 0 radical (unpaired) electrons. The van der Waals surface area contributed by atoms with Gasteiger partial charge in [0.2, 0.25) is 0 Å². The topological polar surface area (TPSA) is 79.3 Å². The number of amides is 1. The van der Waals surface area contributed by atoms with E-state index in [1.54, 1.807) is 18.2 Å². The van der Waals surface area contributed by atoms with Gasteiger partial charge in [-0.2, -0.15) is 0 Å². The van der Waals surface area contributed by atoms with Crippen molar-refractivity contribution in [2.24, 2.45) is 0 Å². The number of benzene rings is 1. The van der Waals surface area contributed by atoms with Crippen molar-refractivity contribution >= 4 is 43.7 Å². The van der Waals surface area contributed by atoms with Gasteiger partial charge in [-0.3, -0.25) is 4.79 Å². The number of aromatic carboxylic acids is 1. The summed E-state index contributed by atoms with van der Waals surface area (Å²) in [7, 11) is 0. The van der Waals surface area contributed by atoms with Crippen molar-refractivity contribution < 1.29 is 14.7 Å². The van der Waals surface area contributed by atoms with Gasteiger partial charge in [0.05, 0.1) is 0 Å². The van der Waals surface area contributed by atoms with Crippen LogP contribution in [0.3, 0.4) is 0 Å². The predicted octanol–water partition coefficient (Wildman–Crippen LogP) is 3.23. The number of nitrogens with one attached hydrogen (secondary N) is 1. The Morgan fingerprint density at radius 2 is 1.81 bits per heavy atom. The van der Waals surface area contributed by atoms with Gasteiger partial charge in [0, 0.05) is 27.3 Å². The molecule has 0 unspecified atom stereocenters. The van der Waals surface area contributed by atoms with Crippen molar-refractivity contribution in [1.82, 2.24) is 10.3 Å². The van der Waals surface area contributed by atoms with Gasteiger partial charge in [0.15, 0.2) is 0 Å². The summed E-state index contributed by atoms with van der Waals surface area (Å²) in [6, 6.07) is 8.29. The van der Waals surface area contributed by atoms with Gasteiger partial charge in [-0.15, -0.1) is 0 Å². The number of carbonyl (C=O) groups is 2. The molecule has 7 heteroatoms. The van der Waals surface area contributed by atoms with Crippen LogP contribution < -0.4 is 5.32 Å². The molecule has 108 valence electrons. The monoisotopic (exact) mass is 412 g/mol. The van der Waals surface area contributed by atoms with E-state index in [0.717, 1.165) is 14.5 Å². The molecule has 2 N–H and O–H groups in total. The molecule has 0 aliphatic heterocycles. The first-order chi connectivity index (χ1) is 9.95. The number of carboxylic acids is 1. The van der Waals surface area contributed by atoms with Crippen LogP contribution in [0.25, 0.3) is 0 Å². The lowest BCUT2D eigenvalue weighted by Crippen LogP contribution is -2.23. The second-order valence-electron chi connectivity index (χ2n) is 4.20. The summed E-state index contributed by atoms with van der Waals surface area (Å²) in [6.45, 7) is 0.274. The zero-order valence-electron chi connectivity index (χ0n) is 10.6. The predicted molar refractivity (Wildman–Crippen MR) is 84.2 cm³/mol. The van der Waals surface area contributed by atoms with Crippen LogP contribution in [-0.2, 0) is 6.54 Å². The molecule has 1 amide bonds. The van der Waals surface area contributed by atoms with Gasteiger partial charge in [0.1, 0.15) is 5.69 Å². The second-order valence-corrected chi connectivity index (χ2v) is 6.03. The summed E-state index contributed by atoms with van der Waals surface area (Å²) >= 11 is 6.65. The summed E-state index contributed by atoms with van der Waals surface area (Å²) in [5, 5.41) is 11.5. The number of aromatic nitrogens is 1. The SMILES string of the molecule is O=C(NCc1ccc(C(=O)O)nc1)c1cc(Br)cc(Br)c1. The minimum atomic E-state index is -1.08. The first-order valence-corrected chi connectivity index (χ1v) is 7.47. The number of rotatable bonds is 4. The Balaban J connectivity index is 2.02. The van der Waals surface area contributed by atoms with Crippen LogP contribution in [-0.4, -0.2) is 22.0 Å². The zero-order valence-corrected chi connectivity index (χ0v) is 13.8. The van der Waals surface area contributed by atoms with Crippen molar-refractivity contribution in [3.63, 3.8) is 0 Å². The number of nitrogens with zero attached hydrogens (tertiary/aromatic N) is 1. The second kappa shape index (κ2) is 6.82. The third-order valence-corrected chi connectivity index (χ3v) is 3.54. The summed E-state index contributed by atoms with van der Waals surface area (Å²) in [5.41, 5.74) is 1.22. The molecule has 0 aliphatic carbocycles. The summed E-state index contributed by atoms with van der Waals surface area (Å²) in [5.74, 6) is -1.30. The zero-order chi connectivity index (χ0) is 15.4. The highest BCUT2D eigenvalue weighted by Gasteiger charge is 2.08. The minimum absolute atomic E-state index is 0.0269. The molecule has 0 bridgehead atoms. The fourth-order valence-electron chi connectivity index (χ4n) is 1.62. The summed E-state index contributed by atoms with van der Waals surface area (Å²) in [6.07, 6.45) is 1.43. The Hall–Kier alpha value is -1.73. The third-order valence-electron chi connectivity index (χ3n) is 2.62. The molecule has 1 aromatic heterocycles. The molecule has 0 spiro atoms. The van der Waals surface area contributed by atoms with Gasteiger partial charge >= 0.3 is 5.97 Å². The van der Waals surface area contributed by atoms with E-state index < -0.39 is 5.97 Å². The molecule has 0 saturated carbocycles. The Kier molecular flexibility index (Phi) is 5.08. The molecule has 21 heavy (non-hydrogen) atoms. The smallest absolute Gasteiger partial charge is 0.354 e. The largest absolute Gasteiger partial charge is 0.477 e. The van der Waals surface area contributed by atoms with Crippen LogP contribution >= 0.6 is 31.9 Å². The maximum Gasteiger partial charge on any atom is 0.354 e. The highest BCUT2D eigenvalue weighted by atomic mass is 79.9. The van der Waals surface area contributed by atoms with Crippen molar-refractivity contribution in [2.45, 2.75) is 6.54 Å². The highest BCUT2D eigenvalue weighted by Crippen LogP contribution is 2.20. The molecule has 2 aromatic rings. The maximum absolute atomic E-state index is 12.0. The van der Waals surface area contributed by atoms with E-state index in [-0.39, 0.29) is 18.1 Å². The fraction of sp³-hybridized carbons (Fsp3) is 0.0714. The Labute approximate surface area is 137 Å². The number of hydrogen-bond donors (Lipinski definition) is 2. The third kappa shape index (κ3) is 4.37. The van der Waals surface area contributed by atoms with Gasteiger partial charge in [0.25, 0.3) is 5.91 Å². The minimum Gasteiger partial charge on any atom is -0.477 e. The Bertz CT molecular complexity index is 667. The molecule has 1 aromatic carbocycles. The van der Waals surface area contributed by atoms with Crippen molar-refractivity contribution in [1.29, 1.82) is 0 Å². The van der Waals surface area contributed by atoms with Crippen molar-refractivity contribution in [3.05, 3.63) is 62.3 Å². The van der Waals surface area contributed by atoms with Crippen LogP contribution in [0, 0.1) is 0 Å². The van der Waals surface area contributed by atoms with E-state index in [4.69, 9.17) is 5.11 Å². The molecule has 2 rings (SSSR count). The molecular weight excluding hydrogens is 404 g/mol. The first-order valence-electron chi connectivity index (χ1n) is 5.88. The van der Waals surface area contributed by atoms with E-state index in [9.17, 15) is 9.59 Å². The lowest BCUT2D eigenvalue weighted by Gasteiger charge is -2.06. The van der Waals surface area contributed by atoms with Crippen LogP contribution in [0.2, 0.25) is 0 Å². The van der Waals surface area contributed by atoms with E-state index in [1.165, 1.54) is 12.3 Å². The number of hydrogen-bond acceptors (Lipinski definition) is 3. The van der Waals surface area contributed by atoms with Crippen molar-refractivity contribution in [3.8, 4) is 0 Å². The average molecular weight is 414 g/mol. The highest BCUT2D eigenvalue weighted by molar-refractivity contribution is 9.11. The first kappa shape index (κ1) is 15.7. The average Bonchev–Trinajstić information content (AvgIpc) is 2.44. The van der Waals surface area contributed by atoms with Crippen molar-refractivity contribution in [2.75, 3.05) is 0 Å². The maximum atomic E-state index is 12.0. The molecule has 0 atom stereocenters. The number of carboxylic acid groups (broad SMARTS) is 1. The molecular formula is C14H10Br2N2O3. The standard InChI is InChI=1S/C14H10Br2N2O3/c15-10-3-9(4-11(16)5-10)13(19)18-7-8-1-2-12(14(20)21)17-6-8/h1-6H,7H2,(H,18,19)(H,20,21). The van der Waals surface area contributed by atoms with Gasteiger partial charge < -0.3 is 10.4 Å². The molecule has 0 fully saturated rings. The molecule has 0 aliphatic rings. The Morgan fingerprint density at radius 3 is 2.33 bits per heavy atom. The van der Waals surface area contributed by atoms with E-state index >= 15 is 0 Å². The fourth-order valence-corrected chi connectivity index (χ4v) is 2.92. The number of halogens is 2.